The molecule has 0 atom stereocenters. The molecule has 0 N–H and O–H groups in total. The van der Waals surface area contributed by atoms with E-state index in [4.69, 9.17) is 0 Å². The summed E-state index contributed by atoms with van der Waals surface area (Å²) in [6.45, 7) is 4.08. The predicted molar refractivity (Wildman–Crippen MR) is 59.1 cm³/mol. The third-order valence-electron chi connectivity index (χ3n) is 2.28. The molecule has 0 saturated heterocycles. The molecule has 0 unspecified atom stereocenters. The molecule has 1 aliphatic rings. The Morgan fingerprint density at radius 1 is 1.40 bits per heavy atom. The second-order valence-corrected chi connectivity index (χ2v) is 5.76. The van der Waals surface area contributed by atoms with Gasteiger partial charge in [0.2, 0.25) is 0 Å². The van der Waals surface area contributed by atoms with Crippen molar-refractivity contribution in [3.63, 3.8) is 0 Å². The molecule has 2 rings (SSSR count). The molecule has 0 fully saturated rings. The lowest BCUT2D eigenvalue weighted by Crippen LogP contribution is -2.10. The van der Waals surface area contributed by atoms with Gasteiger partial charge in [-0.25, -0.2) is 13.4 Å². The zero-order valence-electron chi connectivity index (χ0n) is 8.64. The van der Waals surface area contributed by atoms with E-state index in [2.05, 4.69) is 9.98 Å². The van der Waals surface area contributed by atoms with Crippen molar-refractivity contribution in [2.24, 2.45) is 4.99 Å². The normalized spacial score (nSPS) is 17.8. The SMILES string of the molecule is CC(C)c1cc2c(cn1)CS(=O)(=O)C=N2. The van der Waals surface area contributed by atoms with Gasteiger partial charge in [-0.05, 0) is 12.0 Å². The molecule has 0 spiro atoms. The molecule has 2 heterocycles. The Labute approximate surface area is 89.0 Å². The fraction of sp³-hybridized carbons (Fsp3) is 0.400. The summed E-state index contributed by atoms with van der Waals surface area (Å²) in [7, 11) is -3.16. The first-order chi connectivity index (χ1) is 6.98. The lowest BCUT2D eigenvalue weighted by Gasteiger charge is -2.12. The molecule has 0 aromatic carbocycles. The standard InChI is InChI=1S/C10H12N2O2S/c1-7(2)9-3-10-8(4-11-9)5-15(13,14)6-12-10/h3-4,6-7H,5H2,1-2H3. The van der Waals surface area contributed by atoms with E-state index < -0.39 is 9.84 Å². The highest BCUT2D eigenvalue weighted by molar-refractivity contribution is 8.03. The monoisotopic (exact) mass is 224 g/mol. The van der Waals surface area contributed by atoms with Crippen molar-refractivity contribution in [3.8, 4) is 0 Å². The van der Waals surface area contributed by atoms with Crippen molar-refractivity contribution in [1.29, 1.82) is 0 Å². The second-order valence-electron chi connectivity index (χ2n) is 3.93. The smallest absolute Gasteiger partial charge is 0.192 e. The number of rotatable bonds is 1. The number of nitrogens with zero attached hydrogens (tertiary/aromatic N) is 2. The van der Waals surface area contributed by atoms with Gasteiger partial charge in [-0.15, -0.1) is 0 Å². The molecule has 0 aliphatic carbocycles. The molecule has 0 saturated carbocycles. The summed E-state index contributed by atoms with van der Waals surface area (Å²) in [6, 6.07) is 1.85. The van der Waals surface area contributed by atoms with E-state index in [-0.39, 0.29) is 5.75 Å². The predicted octanol–water partition coefficient (Wildman–Crippen LogP) is 1.79. The second kappa shape index (κ2) is 3.41. The highest BCUT2D eigenvalue weighted by Crippen LogP contribution is 2.27. The molecule has 1 aromatic heterocycles. The van der Waals surface area contributed by atoms with E-state index in [0.717, 1.165) is 16.9 Å². The fourth-order valence-corrected chi connectivity index (χ4v) is 2.43. The topological polar surface area (TPSA) is 59.4 Å². The fourth-order valence-electron chi connectivity index (χ4n) is 1.43. The molecule has 1 aliphatic heterocycles. The average molecular weight is 224 g/mol. The molecule has 0 amide bonds. The Morgan fingerprint density at radius 2 is 2.13 bits per heavy atom. The van der Waals surface area contributed by atoms with Crippen LogP contribution in [0.5, 0.6) is 0 Å². The van der Waals surface area contributed by atoms with Gasteiger partial charge in [-0.2, -0.15) is 0 Å². The summed E-state index contributed by atoms with van der Waals surface area (Å²) >= 11 is 0. The minimum Gasteiger partial charge on any atom is -0.261 e. The maximum absolute atomic E-state index is 11.3. The lowest BCUT2D eigenvalue weighted by molar-refractivity contribution is 0.606. The summed E-state index contributed by atoms with van der Waals surface area (Å²) in [6.07, 6.45) is 1.61. The van der Waals surface area contributed by atoms with Crippen LogP contribution in [0.25, 0.3) is 0 Å². The highest BCUT2D eigenvalue weighted by Gasteiger charge is 2.18. The van der Waals surface area contributed by atoms with E-state index >= 15 is 0 Å². The van der Waals surface area contributed by atoms with Gasteiger partial charge in [0.05, 0.1) is 11.4 Å². The summed E-state index contributed by atoms with van der Waals surface area (Å²) < 4.78 is 22.5. The van der Waals surface area contributed by atoms with Crippen LogP contribution in [0, 0.1) is 0 Å². The third-order valence-corrected chi connectivity index (χ3v) is 3.42. The van der Waals surface area contributed by atoms with Crippen LogP contribution in [-0.2, 0) is 15.6 Å². The summed E-state index contributed by atoms with van der Waals surface area (Å²) in [4.78, 5) is 8.15. The minimum absolute atomic E-state index is 0.0111. The van der Waals surface area contributed by atoms with Crippen molar-refractivity contribution in [2.75, 3.05) is 0 Å². The molecule has 1 aromatic rings. The van der Waals surface area contributed by atoms with E-state index in [1.165, 1.54) is 0 Å². The Morgan fingerprint density at radius 3 is 2.80 bits per heavy atom. The van der Waals surface area contributed by atoms with Crippen LogP contribution in [0.3, 0.4) is 0 Å². The van der Waals surface area contributed by atoms with E-state index in [1.54, 1.807) is 6.20 Å². The largest absolute Gasteiger partial charge is 0.261 e. The van der Waals surface area contributed by atoms with Crippen LogP contribution in [0.4, 0.5) is 5.69 Å². The van der Waals surface area contributed by atoms with E-state index in [9.17, 15) is 8.42 Å². The van der Waals surface area contributed by atoms with Crippen LogP contribution in [0.15, 0.2) is 17.3 Å². The molecule has 5 heteroatoms. The van der Waals surface area contributed by atoms with Crippen LogP contribution >= 0.6 is 0 Å². The van der Waals surface area contributed by atoms with Gasteiger partial charge in [0.15, 0.2) is 9.84 Å². The maximum atomic E-state index is 11.3. The summed E-state index contributed by atoms with van der Waals surface area (Å²) in [5, 5.41) is 0. The van der Waals surface area contributed by atoms with Crippen molar-refractivity contribution in [1.82, 2.24) is 4.98 Å². The van der Waals surface area contributed by atoms with E-state index in [0.29, 0.717) is 11.5 Å². The van der Waals surface area contributed by atoms with Crippen LogP contribution in [-0.4, -0.2) is 18.9 Å². The number of aromatic nitrogens is 1. The van der Waals surface area contributed by atoms with Crippen LogP contribution < -0.4 is 0 Å². The Bertz CT molecular complexity index is 518. The Balaban J connectivity index is 2.49. The number of sulfone groups is 1. The van der Waals surface area contributed by atoms with Gasteiger partial charge >= 0.3 is 0 Å². The minimum atomic E-state index is -3.16. The van der Waals surface area contributed by atoms with Crippen molar-refractivity contribution in [2.45, 2.75) is 25.5 Å². The summed E-state index contributed by atoms with van der Waals surface area (Å²) in [5.74, 6) is 0.334. The number of hydrogen-bond acceptors (Lipinski definition) is 4. The Kier molecular flexibility index (Phi) is 2.34. The first-order valence-electron chi connectivity index (χ1n) is 4.73. The van der Waals surface area contributed by atoms with Gasteiger partial charge in [0.25, 0.3) is 0 Å². The number of fused-ring (bicyclic) bond motifs is 1. The average Bonchev–Trinajstić information content (AvgIpc) is 2.15. The molecule has 0 radical (unpaired) electrons. The molecule has 0 bridgehead atoms. The van der Waals surface area contributed by atoms with Gasteiger partial charge in [0, 0.05) is 17.5 Å². The van der Waals surface area contributed by atoms with Gasteiger partial charge in [-0.3, -0.25) is 4.98 Å². The quantitative estimate of drug-likeness (QED) is 0.730. The molecule has 80 valence electrons. The lowest BCUT2D eigenvalue weighted by atomic mass is 10.1. The first kappa shape index (κ1) is 10.3. The molecular formula is C10H12N2O2S. The Hall–Kier alpha value is -1.23. The van der Waals surface area contributed by atoms with Gasteiger partial charge < -0.3 is 0 Å². The van der Waals surface area contributed by atoms with Crippen molar-refractivity contribution >= 4 is 21.1 Å². The zero-order chi connectivity index (χ0) is 11.1. The van der Waals surface area contributed by atoms with Gasteiger partial charge in [-0.1, -0.05) is 13.8 Å². The number of aliphatic imine (C=N–C) groups is 1. The van der Waals surface area contributed by atoms with Crippen LogP contribution in [0.2, 0.25) is 0 Å². The third kappa shape index (κ3) is 2.07. The van der Waals surface area contributed by atoms with Crippen molar-refractivity contribution < 1.29 is 8.42 Å². The van der Waals surface area contributed by atoms with E-state index in [1.807, 2.05) is 19.9 Å². The molecular weight excluding hydrogens is 212 g/mol. The van der Waals surface area contributed by atoms with Crippen molar-refractivity contribution in [3.05, 3.63) is 23.5 Å². The highest BCUT2D eigenvalue weighted by atomic mass is 32.2. The first-order valence-corrected chi connectivity index (χ1v) is 6.45. The number of hydrogen-bond donors (Lipinski definition) is 0. The van der Waals surface area contributed by atoms with Gasteiger partial charge in [0.1, 0.15) is 5.55 Å². The summed E-state index contributed by atoms with van der Waals surface area (Å²) in [5.41, 5.74) is 3.37. The number of pyridine rings is 1. The zero-order valence-corrected chi connectivity index (χ0v) is 9.45. The maximum Gasteiger partial charge on any atom is 0.192 e. The molecule has 15 heavy (non-hydrogen) atoms. The molecule has 4 nitrogen and oxygen atoms in total. The van der Waals surface area contributed by atoms with Crippen LogP contribution in [0.1, 0.15) is 31.0 Å².